The Kier molecular flexibility index (Phi) is 6.01. The van der Waals surface area contributed by atoms with Crippen molar-refractivity contribution in [2.24, 2.45) is 5.41 Å². The number of urea groups is 1. The predicted molar refractivity (Wildman–Crippen MR) is 80.1 cm³/mol. The number of carboxylic acids is 1. The Morgan fingerprint density at radius 2 is 2.10 bits per heavy atom. The van der Waals surface area contributed by atoms with Gasteiger partial charge in [0, 0.05) is 17.5 Å². The van der Waals surface area contributed by atoms with Gasteiger partial charge in [-0.15, -0.1) is 11.3 Å². The van der Waals surface area contributed by atoms with Gasteiger partial charge in [0.15, 0.2) is 0 Å². The molecule has 1 heterocycles. The van der Waals surface area contributed by atoms with Gasteiger partial charge in [0.05, 0.1) is 6.42 Å². The molecule has 0 saturated carbocycles. The number of carbonyl (C=O) groups excluding carboxylic acids is 1. The van der Waals surface area contributed by atoms with E-state index in [1.165, 1.54) is 4.88 Å². The largest absolute Gasteiger partial charge is 0.481 e. The summed E-state index contributed by atoms with van der Waals surface area (Å²) in [6.45, 7) is 6.27. The SMILES string of the molecule is CC(C)(C)C(CC(=O)O)NC(=O)NCCc1cccs1. The van der Waals surface area contributed by atoms with Crippen LogP contribution < -0.4 is 10.6 Å². The first-order valence-electron chi connectivity index (χ1n) is 6.57. The van der Waals surface area contributed by atoms with E-state index in [4.69, 9.17) is 5.11 Å². The van der Waals surface area contributed by atoms with Crippen LogP contribution in [-0.2, 0) is 11.2 Å². The maximum Gasteiger partial charge on any atom is 0.315 e. The standard InChI is InChI=1S/C14H22N2O3S/c1-14(2,3)11(9-12(17)18)16-13(19)15-7-6-10-5-4-8-20-10/h4-5,8,11H,6-7,9H2,1-3H3,(H,17,18)(H2,15,16,19). The van der Waals surface area contributed by atoms with Gasteiger partial charge in [-0.1, -0.05) is 26.8 Å². The van der Waals surface area contributed by atoms with Gasteiger partial charge in [0.25, 0.3) is 0 Å². The Morgan fingerprint density at radius 3 is 2.60 bits per heavy atom. The minimum Gasteiger partial charge on any atom is -0.481 e. The summed E-state index contributed by atoms with van der Waals surface area (Å²) < 4.78 is 0. The summed E-state index contributed by atoms with van der Waals surface area (Å²) >= 11 is 1.65. The van der Waals surface area contributed by atoms with Crippen LogP contribution in [0.5, 0.6) is 0 Å². The predicted octanol–water partition coefficient (Wildman–Crippen LogP) is 2.48. The molecule has 0 aliphatic heterocycles. The zero-order valence-electron chi connectivity index (χ0n) is 12.1. The second kappa shape index (κ2) is 7.28. The number of amides is 2. The van der Waals surface area contributed by atoms with E-state index in [1.54, 1.807) is 11.3 Å². The van der Waals surface area contributed by atoms with E-state index in [-0.39, 0.29) is 17.9 Å². The molecule has 0 fully saturated rings. The van der Waals surface area contributed by atoms with Crippen molar-refractivity contribution in [1.29, 1.82) is 0 Å². The van der Waals surface area contributed by atoms with Gasteiger partial charge in [-0.05, 0) is 23.3 Å². The lowest BCUT2D eigenvalue weighted by Gasteiger charge is -2.30. The number of nitrogens with one attached hydrogen (secondary N) is 2. The molecular formula is C14H22N2O3S. The molecule has 0 aliphatic rings. The van der Waals surface area contributed by atoms with Gasteiger partial charge in [-0.2, -0.15) is 0 Å². The maximum atomic E-state index is 11.8. The van der Waals surface area contributed by atoms with E-state index in [0.29, 0.717) is 6.54 Å². The average molecular weight is 298 g/mol. The number of hydrogen-bond acceptors (Lipinski definition) is 3. The molecule has 0 radical (unpaired) electrons. The first-order valence-corrected chi connectivity index (χ1v) is 7.45. The summed E-state index contributed by atoms with van der Waals surface area (Å²) in [5, 5.41) is 16.4. The minimum absolute atomic E-state index is 0.0815. The van der Waals surface area contributed by atoms with Crippen LogP contribution in [0.15, 0.2) is 17.5 Å². The van der Waals surface area contributed by atoms with Crippen molar-refractivity contribution in [3.63, 3.8) is 0 Å². The first kappa shape index (κ1) is 16.5. The van der Waals surface area contributed by atoms with Gasteiger partial charge >= 0.3 is 12.0 Å². The Labute approximate surface area is 123 Å². The molecule has 20 heavy (non-hydrogen) atoms. The molecule has 3 N–H and O–H groups in total. The average Bonchev–Trinajstić information content (AvgIpc) is 2.79. The number of rotatable bonds is 6. The highest BCUT2D eigenvalue weighted by Crippen LogP contribution is 2.21. The van der Waals surface area contributed by atoms with Crippen LogP contribution in [0, 0.1) is 5.41 Å². The van der Waals surface area contributed by atoms with Crippen molar-refractivity contribution in [3.8, 4) is 0 Å². The first-order chi connectivity index (χ1) is 9.29. The van der Waals surface area contributed by atoms with Crippen LogP contribution in [0.25, 0.3) is 0 Å². The number of thiophene rings is 1. The van der Waals surface area contributed by atoms with E-state index in [2.05, 4.69) is 10.6 Å². The fourth-order valence-electron chi connectivity index (χ4n) is 1.71. The van der Waals surface area contributed by atoms with Crippen molar-refractivity contribution in [1.82, 2.24) is 10.6 Å². The molecule has 112 valence electrons. The molecule has 1 aromatic rings. The lowest BCUT2D eigenvalue weighted by molar-refractivity contribution is -0.138. The van der Waals surface area contributed by atoms with Crippen molar-refractivity contribution < 1.29 is 14.7 Å². The third-order valence-corrected chi connectivity index (χ3v) is 3.90. The smallest absolute Gasteiger partial charge is 0.315 e. The number of aliphatic carboxylic acids is 1. The molecule has 1 atom stereocenters. The van der Waals surface area contributed by atoms with Crippen molar-refractivity contribution in [3.05, 3.63) is 22.4 Å². The lowest BCUT2D eigenvalue weighted by Crippen LogP contribution is -2.49. The molecule has 1 unspecified atom stereocenters. The van der Waals surface area contributed by atoms with Crippen molar-refractivity contribution >= 4 is 23.3 Å². The second-order valence-electron chi connectivity index (χ2n) is 5.75. The Balaban J connectivity index is 2.39. The number of carbonyl (C=O) groups is 2. The van der Waals surface area contributed by atoms with Crippen LogP contribution in [0.4, 0.5) is 4.79 Å². The van der Waals surface area contributed by atoms with E-state index >= 15 is 0 Å². The van der Waals surface area contributed by atoms with Gasteiger partial charge in [-0.3, -0.25) is 4.79 Å². The zero-order chi connectivity index (χ0) is 15.2. The highest BCUT2D eigenvalue weighted by Gasteiger charge is 2.28. The fraction of sp³-hybridized carbons (Fsp3) is 0.571. The van der Waals surface area contributed by atoms with Gasteiger partial charge in [0.2, 0.25) is 0 Å². The van der Waals surface area contributed by atoms with Crippen LogP contribution in [0.3, 0.4) is 0 Å². The maximum absolute atomic E-state index is 11.8. The third-order valence-electron chi connectivity index (χ3n) is 2.97. The van der Waals surface area contributed by atoms with Gasteiger partial charge in [-0.25, -0.2) is 4.79 Å². The molecule has 0 aromatic carbocycles. The quantitative estimate of drug-likeness (QED) is 0.755. The highest BCUT2D eigenvalue weighted by atomic mass is 32.1. The monoisotopic (exact) mass is 298 g/mol. The Morgan fingerprint density at radius 1 is 1.40 bits per heavy atom. The van der Waals surface area contributed by atoms with Crippen LogP contribution in [-0.4, -0.2) is 29.7 Å². The summed E-state index contributed by atoms with van der Waals surface area (Å²) in [5.74, 6) is -0.913. The summed E-state index contributed by atoms with van der Waals surface area (Å²) in [7, 11) is 0. The number of hydrogen-bond donors (Lipinski definition) is 3. The molecule has 2 amide bonds. The lowest BCUT2D eigenvalue weighted by atomic mass is 9.85. The molecule has 0 aliphatic carbocycles. The second-order valence-corrected chi connectivity index (χ2v) is 6.78. The topological polar surface area (TPSA) is 78.4 Å². The Bertz CT molecular complexity index is 438. The number of carboxylic acid groups (broad SMARTS) is 1. The molecule has 6 heteroatoms. The van der Waals surface area contributed by atoms with Gasteiger partial charge < -0.3 is 15.7 Å². The Hall–Kier alpha value is -1.56. The molecular weight excluding hydrogens is 276 g/mol. The van der Waals surface area contributed by atoms with E-state index in [0.717, 1.165) is 6.42 Å². The van der Waals surface area contributed by atoms with E-state index in [9.17, 15) is 9.59 Å². The summed E-state index contributed by atoms with van der Waals surface area (Å²) in [6.07, 6.45) is 0.700. The molecule has 5 nitrogen and oxygen atoms in total. The summed E-state index contributed by atoms with van der Waals surface area (Å²) in [4.78, 5) is 23.8. The molecule has 1 aromatic heterocycles. The molecule has 1 rings (SSSR count). The zero-order valence-corrected chi connectivity index (χ0v) is 12.9. The third kappa shape index (κ3) is 6.06. The van der Waals surface area contributed by atoms with Crippen LogP contribution in [0.1, 0.15) is 32.1 Å². The molecule has 0 bridgehead atoms. The minimum atomic E-state index is -0.913. The van der Waals surface area contributed by atoms with Gasteiger partial charge in [0.1, 0.15) is 0 Å². The summed E-state index contributed by atoms with van der Waals surface area (Å²) in [5.41, 5.74) is -0.302. The van der Waals surface area contributed by atoms with E-state index in [1.807, 2.05) is 38.3 Å². The van der Waals surface area contributed by atoms with Crippen LogP contribution >= 0.6 is 11.3 Å². The normalized spacial score (nSPS) is 12.8. The fourth-order valence-corrected chi connectivity index (χ4v) is 2.42. The molecule has 0 spiro atoms. The van der Waals surface area contributed by atoms with Crippen molar-refractivity contribution in [2.45, 2.75) is 39.7 Å². The highest BCUT2D eigenvalue weighted by molar-refractivity contribution is 7.09. The summed E-state index contributed by atoms with van der Waals surface area (Å²) in [6, 6.07) is 3.28. The van der Waals surface area contributed by atoms with Crippen molar-refractivity contribution in [2.75, 3.05) is 6.54 Å². The van der Waals surface area contributed by atoms with Crippen LogP contribution in [0.2, 0.25) is 0 Å². The molecule has 0 saturated heterocycles. The van der Waals surface area contributed by atoms with E-state index < -0.39 is 12.0 Å².